The van der Waals surface area contributed by atoms with Gasteiger partial charge < -0.3 is 18.6 Å². The fourth-order valence-corrected chi connectivity index (χ4v) is 6.35. The van der Waals surface area contributed by atoms with Crippen molar-refractivity contribution < 1.29 is 23.4 Å². The Morgan fingerprint density at radius 2 is 1.82 bits per heavy atom. The van der Waals surface area contributed by atoms with E-state index in [1.807, 2.05) is 83.2 Å². The van der Waals surface area contributed by atoms with Crippen molar-refractivity contribution in [1.29, 1.82) is 0 Å². The van der Waals surface area contributed by atoms with E-state index in [-0.39, 0.29) is 17.8 Å². The molecule has 7 heteroatoms. The van der Waals surface area contributed by atoms with Gasteiger partial charge in [0.15, 0.2) is 0 Å². The van der Waals surface area contributed by atoms with E-state index in [1.165, 1.54) is 13.2 Å². The van der Waals surface area contributed by atoms with Gasteiger partial charge in [-0.05, 0) is 64.8 Å². The standard InChI is InChI=1S/C32H37ClO6/c1-21-26(37-28(35)19-27(21)36-6)11-9-7-8-10-18-30(3)20-31(4)29(32(5,39-30)22(2)38-31)25(34)17-14-23-12-15-24(33)16-13-23/h7-13,15-16,18-19,22,29H,14,17,20H2,1-6H3/b8-7+,11-9+,18-10+/t22-,29+,30+,31+,32+/m1/s1. The van der Waals surface area contributed by atoms with E-state index in [0.29, 0.717) is 35.8 Å². The Kier molecular flexibility index (Phi) is 8.41. The maximum absolute atomic E-state index is 13.5. The molecule has 5 atom stereocenters. The van der Waals surface area contributed by atoms with Crippen LogP contribution in [-0.4, -0.2) is 35.8 Å². The first-order valence-corrected chi connectivity index (χ1v) is 13.6. The number of Topliss-reactive ketones (excluding diaryl/α,β-unsaturated/α-hetero) is 1. The SMILES string of the molecule is COc1cc(=O)oc(/C=C/C=C/C=C/[C@@]2(C)C[C@]3(C)O[C@H](C)[C@](C)(O2)[C@H]3C(=O)CCc2ccc(Cl)cc2)c1C. The highest BCUT2D eigenvalue weighted by Gasteiger charge is 2.67. The molecule has 1 aromatic carbocycles. The van der Waals surface area contributed by atoms with Gasteiger partial charge >= 0.3 is 5.63 Å². The van der Waals surface area contributed by atoms with Crippen molar-refractivity contribution in [3.05, 3.63) is 93.0 Å². The molecule has 2 fully saturated rings. The highest BCUT2D eigenvalue weighted by Crippen LogP contribution is 2.56. The summed E-state index contributed by atoms with van der Waals surface area (Å²) >= 11 is 6.00. The maximum Gasteiger partial charge on any atom is 0.339 e. The summed E-state index contributed by atoms with van der Waals surface area (Å²) in [6.07, 6.45) is 12.6. The van der Waals surface area contributed by atoms with Crippen molar-refractivity contribution in [2.75, 3.05) is 7.11 Å². The highest BCUT2D eigenvalue weighted by molar-refractivity contribution is 6.30. The number of allylic oxidation sites excluding steroid dienone is 4. The molecular formula is C32H37ClO6. The number of hydrogen-bond donors (Lipinski definition) is 0. The van der Waals surface area contributed by atoms with Gasteiger partial charge in [0.2, 0.25) is 0 Å². The van der Waals surface area contributed by atoms with Crippen molar-refractivity contribution in [3.8, 4) is 5.75 Å². The lowest BCUT2D eigenvalue weighted by molar-refractivity contribution is -0.187. The molecule has 2 bridgehead atoms. The van der Waals surface area contributed by atoms with Crippen LogP contribution in [0.1, 0.15) is 57.4 Å². The molecule has 2 aliphatic heterocycles. The van der Waals surface area contributed by atoms with Crippen molar-refractivity contribution in [3.63, 3.8) is 0 Å². The monoisotopic (exact) mass is 552 g/mol. The zero-order valence-corrected chi connectivity index (χ0v) is 24.2. The molecule has 4 rings (SSSR count). The first-order valence-electron chi connectivity index (χ1n) is 13.3. The molecule has 2 saturated heterocycles. The van der Waals surface area contributed by atoms with Gasteiger partial charge in [-0.15, -0.1) is 0 Å². The van der Waals surface area contributed by atoms with Crippen molar-refractivity contribution in [2.24, 2.45) is 5.92 Å². The van der Waals surface area contributed by atoms with E-state index in [9.17, 15) is 9.59 Å². The predicted molar refractivity (Wildman–Crippen MR) is 153 cm³/mol. The summed E-state index contributed by atoms with van der Waals surface area (Å²) in [5, 5.41) is 0.685. The predicted octanol–water partition coefficient (Wildman–Crippen LogP) is 6.67. The second-order valence-corrected chi connectivity index (χ2v) is 11.5. The van der Waals surface area contributed by atoms with Gasteiger partial charge in [-0.25, -0.2) is 4.79 Å². The van der Waals surface area contributed by atoms with Gasteiger partial charge in [-0.3, -0.25) is 4.79 Å². The first kappa shape index (κ1) is 29.1. The molecular weight excluding hydrogens is 516 g/mol. The molecule has 0 amide bonds. The third-order valence-corrected chi connectivity index (χ3v) is 8.19. The number of fused-ring (bicyclic) bond motifs is 2. The minimum Gasteiger partial charge on any atom is -0.496 e. The fourth-order valence-electron chi connectivity index (χ4n) is 6.22. The summed E-state index contributed by atoms with van der Waals surface area (Å²) in [7, 11) is 1.52. The molecule has 0 radical (unpaired) electrons. The van der Waals surface area contributed by atoms with E-state index >= 15 is 0 Å². The molecule has 6 nitrogen and oxygen atoms in total. The number of rotatable bonds is 9. The van der Waals surface area contributed by atoms with Gasteiger partial charge in [0, 0.05) is 23.4 Å². The smallest absolute Gasteiger partial charge is 0.339 e. The summed E-state index contributed by atoms with van der Waals surface area (Å²) < 4.78 is 23.6. The van der Waals surface area contributed by atoms with Crippen LogP contribution in [-0.2, 0) is 20.7 Å². The Morgan fingerprint density at radius 1 is 1.13 bits per heavy atom. The first-order chi connectivity index (χ1) is 18.4. The van der Waals surface area contributed by atoms with Crippen LogP contribution in [0.15, 0.2) is 69.9 Å². The van der Waals surface area contributed by atoms with Gasteiger partial charge in [-0.2, -0.15) is 0 Å². The third kappa shape index (κ3) is 6.13. The van der Waals surface area contributed by atoms with Crippen molar-refractivity contribution in [1.82, 2.24) is 0 Å². The van der Waals surface area contributed by atoms with E-state index in [2.05, 4.69) is 0 Å². The summed E-state index contributed by atoms with van der Waals surface area (Å²) in [6.45, 7) is 9.90. The van der Waals surface area contributed by atoms with Crippen LogP contribution in [0.3, 0.4) is 0 Å². The third-order valence-electron chi connectivity index (χ3n) is 7.94. The number of ether oxygens (including phenoxy) is 3. The van der Waals surface area contributed by atoms with Gasteiger partial charge in [0.1, 0.15) is 22.9 Å². The molecule has 0 N–H and O–H groups in total. The zero-order valence-electron chi connectivity index (χ0n) is 23.5. The van der Waals surface area contributed by atoms with Crippen LogP contribution < -0.4 is 10.4 Å². The van der Waals surface area contributed by atoms with Crippen LogP contribution in [0.5, 0.6) is 5.75 Å². The quantitative estimate of drug-likeness (QED) is 0.323. The molecule has 1 aromatic heterocycles. The number of hydrogen-bond acceptors (Lipinski definition) is 6. The molecule has 2 aliphatic rings. The fraction of sp³-hybridized carbons (Fsp3) is 0.438. The van der Waals surface area contributed by atoms with Crippen molar-refractivity contribution in [2.45, 2.75) is 76.8 Å². The molecule has 3 heterocycles. The van der Waals surface area contributed by atoms with E-state index < -0.39 is 22.4 Å². The molecule has 39 heavy (non-hydrogen) atoms. The van der Waals surface area contributed by atoms with Crippen LogP contribution >= 0.6 is 11.6 Å². The normalized spacial score (nSPS) is 30.5. The Morgan fingerprint density at radius 3 is 2.49 bits per heavy atom. The Balaban J connectivity index is 1.44. The number of carbonyl (C=O) groups excluding carboxylic acids is 1. The average Bonchev–Trinajstić information content (AvgIpc) is 3.00. The number of carbonyl (C=O) groups is 1. The number of aryl methyl sites for hydroxylation is 1. The second kappa shape index (κ2) is 11.3. The summed E-state index contributed by atoms with van der Waals surface area (Å²) in [6, 6.07) is 8.95. The molecule has 208 valence electrons. The van der Waals surface area contributed by atoms with Gasteiger partial charge in [-0.1, -0.05) is 54.1 Å². The summed E-state index contributed by atoms with van der Waals surface area (Å²) in [5.74, 6) is 0.751. The Hall–Kier alpha value is -2.93. The molecule has 0 aliphatic carbocycles. The lowest BCUT2D eigenvalue weighted by atomic mass is 9.67. The number of methoxy groups -OCH3 is 1. The number of ketones is 1. The average molecular weight is 553 g/mol. The van der Waals surface area contributed by atoms with Gasteiger partial charge in [0.05, 0.1) is 36.4 Å². The minimum absolute atomic E-state index is 0.162. The zero-order chi connectivity index (χ0) is 28.4. The minimum atomic E-state index is -0.742. The van der Waals surface area contributed by atoms with E-state index in [4.69, 9.17) is 30.2 Å². The van der Waals surface area contributed by atoms with Crippen LogP contribution in [0.4, 0.5) is 0 Å². The van der Waals surface area contributed by atoms with E-state index in [1.54, 1.807) is 12.2 Å². The van der Waals surface area contributed by atoms with Gasteiger partial charge in [0.25, 0.3) is 0 Å². The Bertz CT molecular complexity index is 1360. The van der Waals surface area contributed by atoms with Crippen molar-refractivity contribution >= 4 is 23.5 Å². The van der Waals surface area contributed by atoms with Crippen LogP contribution in [0, 0.1) is 12.8 Å². The maximum atomic E-state index is 13.5. The lowest BCUT2D eigenvalue weighted by Gasteiger charge is -2.49. The molecule has 0 spiro atoms. The summed E-state index contributed by atoms with van der Waals surface area (Å²) in [5.41, 5.74) is -0.604. The second-order valence-electron chi connectivity index (χ2n) is 11.1. The topological polar surface area (TPSA) is 75.0 Å². The molecule has 0 unspecified atom stereocenters. The number of benzene rings is 1. The summed E-state index contributed by atoms with van der Waals surface area (Å²) in [4.78, 5) is 25.3. The number of halogens is 1. The molecule has 2 aromatic rings. The molecule has 0 saturated carbocycles. The highest BCUT2D eigenvalue weighted by atomic mass is 35.5. The van der Waals surface area contributed by atoms with Crippen LogP contribution in [0.25, 0.3) is 6.08 Å². The Labute approximate surface area is 235 Å². The van der Waals surface area contributed by atoms with Crippen LogP contribution in [0.2, 0.25) is 5.02 Å². The van der Waals surface area contributed by atoms with E-state index in [0.717, 1.165) is 11.1 Å². The lowest BCUT2D eigenvalue weighted by Crippen LogP contribution is -2.60. The largest absolute Gasteiger partial charge is 0.496 e.